The molecule has 1 unspecified atom stereocenters. The van der Waals surface area contributed by atoms with Gasteiger partial charge >= 0.3 is 0 Å². The van der Waals surface area contributed by atoms with Crippen molar-refractivity contribution in [3.8, 4) is 0 Å². The van der Waals surface area contributed by atoms with Gasteiger partial charge < -0.3 is 9.90 Å². The monoisotopic (exact) mass is 178 g/mol. The molecule has 0 spiro atoms. The standard InChI is InChI=1S/C11H14O2/c1-11(13,9-12)8-7-10-5-3-2-4-6-10/h2-6,9,13H,7-8H2,1H3. The van der Waals surface area contributed by atoms with E-state index in [1.165, 1.54) is 6.92 Å². The molecule has 0 aliphatic heterocycles. The predicted molar refractivity (Wildman–Crippen MR) is 51.5 cm³/mol. The minimum absolute atomic E-state index is 0.473. The van der Waals surface area contributed by atoms with Gasteiger partial charge in [-0.2, -0.15) is 0 Å². The van der Waals surface area contributed by atoms with Crippen molar-refractivity contribution in [1.29, 1.82) is 0 Å². The maximum absolute atomic E-state index is 10.4. The summed E-state index contributed by atoms with van der Waals surface area (Å²) in [5, 5.41) is 9.42. The minimum Gasteiger partial charge on any atom is -0.383 e. The lowest BCUT2D eigenvalue weighted by molar-refractivity contribution is -0.122. The summed E-state index contributed by atoms with van der Waals surface area (Å²) in [6, 6.07) is 9.82. The maximum Gasteiger partial charge on any atom is 0.151 e. The molecule has 0 heterocycles. The van der Waals surface area contributed by atoms with Crippen LogP contribution in [-0.4, -0.2) is 17.0 Å². The first-order valence-electron chi connectivity index (χ1n) is 4.37. The third-order valence-corrected chi connectivity index (χ3v) is 2.02. The van der Waals surface area contributed by atoms with Crippen LogP contribution in [0.15, 0.2) is 30.3 Å². The molecule has 0 saturated carbocycles. The normalized spacial score (nSPS) is 14.9. The van der Waals surface area contributed by atoms with Gasteiger partial charge in [0.25, 0.3) is 0 Å². The molecule has 0 radical (unpaired) electrons. The highest BCUT2D eigenvalue weighted by atomic mass is 16.3. The zero-order valence-corrected chi connectivity index (χ0v) is 7.73. The Kier molecular flexibility index (Phi) is 3.20. The second-order valence-electron chi connectivity index (χ2n) is 3.46. The average Bonchev–Trinajstić information content (AvgIpc) is 2.17. The van der Waals surface area contributed by atoms with Crippen LogP contribution in [0.1, 0.15) is 18.9 Å². The second-order valence-corrected chi connectivity index (χ2v) is 3.46. The van der Waals surface area contributed by atoms with Gasteiger partial charge in [0, 0.05) is 0 Å². The largest absolute Gasteiger partial charge is 0.383 e. The van der Waals surface area contributed by atoms with Gasteiger partial charge in [-0.15, -0.1) is 0 Å². The van der Waals surface area contributed by atoms with Crippen LogP contribution in [0.5, 0.6) is 0 Å². The summed E-state index contributed by atoms with van der Waals surface area (Å²) in [5.41, 5.74) is -0.0415. The first-order valence-corrected chi connectivity index (χ1v) is 4.37. The molecular formula is C11H14O2. The zero-order chi connectivity index (χ0) is 9.73. The molecule has 1 aromatic rings. The fraction of sp³-hybridized carbons (Fsp3) is 0.364. The van der Waals surface area contributed by atoms with Gasteiger partial charge in [0.15, 0.2) is 6.29 Å². The molecule has 0 aliphatic rings. The van der Waals surface area contributed by atoms with E-state index in [1.807, 2.05) is 30.3 Å². The van der Waals surface area contributed by atoms with Crippen molar-refractivity contribution in [2.75, 3.05) is 0 Å². The van der Waals surface area contributed by atoms with Crippen LogP contribution >= 0.6 is 0 Å². The molecule has 0 amide bonds. The van der Waals surface area contributed by atoms with E-state index in [1.54, 1.807) is 0 Å². The Morgan fingerprint density at radius 3 is 2.54 bits per heavy atom. The van der Waals surface area contributed by atoms with Crippen LogP contribution in [0.2, 0.25) is 0 Å². The Bertz CT molecular complexity index is 265. The number of aliphatic hydroxyl groups is 1. The molecule has 2 heteroatoms. The highest BCUT2D eigenvalue weighted by Gasteiger charge is 2.17. The summed E-state index contributed by atoms with van der Waals surface area (Å²) >= 11 is 0. The molecule has 0 aliphatic carbocycles. The van der Waals surface area contributed by atoms with E-state index in [0.717, 1.165) is 12.0 Å². The SMILES string of the molecule is CC(O)(C=O)CCc1ccccc1. The molecule has 2 nitrogen and oxygen atoms in total. The number of aryl methyl sites for hydroxylation is 1. The molecule has 0 fully saturated rings. The smallest absolute Gasteiger partial charge is 0.151 e. The van der Waals surface area contributed by atoms with Crippen LogP contribution < -0.4 is 0 Å². The van der Waals surface area contributed by atoms with Gasteiger partial charge in [0.05, 0.1) is 0 Å². The molecule has 1 aromatic carbocycles. The minimum atomic E-state index is -1.18. The van der Waals surface area contributed by atoms with Gasteiger partial charge in [-0.25, -0.2) is 0 Å². The van der Waals surface area contributed by atoms with Gasteiger partial charge in [0.1, 0.15) is 5.60 Å². The quantitative estimate of drug-likeness (QED) is 0.710. The molecule has 0 aromatic heterocycles. The van der Waals surface area contributed by atoms with Crippen molar-refractivity contribution < 1.29 is 9.90 Å². The number of hydrogen-bond donors (Lipinski definition) is 1. The lowest BCUT2D eigenvalue weighted by Gasteiger charge is -2.14. The number of hydrogen-bond acceptors (Lipinski definition) is 2. The molecule has 1 rings (SSSR count). The van der Waals surface area contributed by atoms with E-state index >= 15 is 0 Å². The number of rotatable bonds is 4. The van der Waals surface area contributed by atoms with Crippen LogP contribution in [0, 0.1) is 0 Å². The summed E-state index contributed by atoms with van der Waals surface area (Å²) in [5.74, 6) is 0. The Morgan fingerprint density at radius 2 is 2.00 bits per heavy atom. The Hall–Kier alpha value is -1.15. The first-order chi connectivity index (χ1) is 6.14. The number of benzene rings is 1. The van der Waals surface area contributed by atoms with Gasteiger partial charge in [-0.1, -0.05) is 30.3 Å². The molecule has 1 atom stereocenters. The van der Waals surface area contributed by atoms with Crippen molar-refractivity contribution >= 4 is 6.29 Å². The number of aldehydes is 1. The molecule has 0 bridgehead atoms. The van der Waals surface area contributed by atoms with Crippen LogP contribution in [0.3, 0.4) is 0 Å². The second kappa shape index (κ2) is 4.19. The lowest BCUT2D eigenvalue weighted by Crippen LogP contribution is -2.26. The molecule has 13 heavy (non-hydrogen) atoms. The van der Waals surface area contributed by atoms with Crippen molar-refractivity contribution in [3.05, 3.63) is 35.9 Å². The average molecular weight is 178 g/mol. The fourth-order valence-electron chi connectivity index (χ4n) is 1.10. The molecular weight excluding hydrogens is 164 g/mol. The molecule has 0 saturated heterocycles. The van der Waals surface area contributed by atoms with Crippen LogP contribution in [0.25, 0.3) is 0 Å². The van der Waals surface area contributed by atoms with E-state index in [2.05, 4.69) is 0 Å². The Balaban J connectivity index is 2.48. The van der Waals surface area contributed by atoms with E-state index in [4.69, 9.17) is 0 Å². The summed E-state index contributed by atoms with van der Waals surface area (Å²) < 4.78 is 0. The van der Waals surface area contributed by atoms with E-state index < -0.39 is 5.60 Å². The van der Waals surface area contributed by atoms with E-state index in [0.29, 0.717) is 12.7 Å². The highest BCUT2D eigenvalue weighted by molar-refractivity contribution is 5.61. The zero-order valence-electron chi connectivity index (χ0n) is 7.73. The third-order valence-electron chi connectivity index (χ3n) is 2.02. The highest BCUT2D eigenvalue weighted by Crippen LogP contribution is 2.11. The molecule has 1 N–H and O–H groups in total. The summed E-state index contributed by atoms with van der Waals surface area (Å²) in [4.78, 5) is 10.4. The van der Waals surface area contributed by atoms with Crippen molar-refractivity contribution in [3.63, 3.8) is 0 Å². The lowest BCUT2D eigenvalue weighted by atomic mass is 9.98. The topological polar surface area (TPSA) is 37.3 Å². The third kappa shape index (κ3) is 3.38. The first kappa shape index (κ1) is 9.93. The maximum atomic E-state index is 10.4. The summed E-state index contributed by atoms with van der Waals surface area (Å²) in [7, 11) is 0. The number of carbonyl (C=O) groups excluding carboxylic acids is 1. The Labute approximate surface area is 78.2 Å². The van der Waals surface area contributed by atoms with Crippen molar-refractivity contribution in [2.24, 2.45) is 0 Å². The van der Waals surface area contributed by atoms with Crippen LogP contribution in [-0.2, 0) is 11.2 Å². The van der Waals surface area contributed by atoms with Gasteiger partial charge in [-0.05, 0) is 25.3 Å². The van der Waals surface area contributed by atoms with E-state index in [9.17, 15) is 9.90 Å². The van der Waals surface area contributed by atoms with Crippen molar-refractivity contribution in [1.82, 2.24) is 0 Å². The number of carbonyl (C=O) groups is 1. The summed E-state index contributed by atoms with van der Waals surface area (Å²) in [6.07, 6.45) is 1.79. The van der Waals surface area contributed by atoms with Crippen molar-refractivity contribution in [2.45, 2.75) is 25.4 Å². The fourth-order valence-corrected chi connectivity index (χ4v) is 1.10. The summed E-state index contributed by atoms with van der Waals surface area (Å²) in [6.45, 7) is 1.53. The predicted octanol–water partition coefficient (Wildman–Crippen LogP) is 1.57. The van der Waals surface area contributed by atoms with Gasteiger partial charge in [0.2, 0.25) is 0 Å². The van der Waals surface area contributed by atoms with Gasteiger partial charge in [-0.3, -0.25) is 0 Å². The Morgan fingerprint density at radius 1 is 1.38 bits per heavy atom. The van der Waals surface area contributed by atoms with Crippen LogP contribution in [0.4, 0.5) is 0 Å². The molecule has 70 valence electrons. The van der Waals surface area contributed by atoms with E-state index in [-0.39, 0.29) is 0 Å².